The highest BCUT2D eigenvalue weighted by molar-refractivity contribution is 5.95. The Hall–Kier alpha value is -2.15. The Morgan fingerprint density at radius 3 is 2.50 bits per heavy atom. The number of nitrogens with one attached hydrogen (secondary N) is 1. The van der Waals surface area contributed by atoms with Crippen molar-refractivity contribution in [1.82, 2.24) is 10.2 Å². The number of carbonyl (C=O) groups is 1. The topological polar surface area (TPSA) is 102 Å². The lowest BCUT2D eigenvalue weighted by Gasteiger charge is -2.21. The molecule has 1 aromatic rings. The number of likely N-dealkylation sites (tertiary alicyclic amines) is 1. The molecular weight excluding hydrogens is 284 g/mol. The van der Waals surface area contributed by atoms with E-state index < -0.39 is 4.92 Å². The third kappa shape index (κ3) is 2.76. The summed E-state index contributed by atoms with van der Waals surface area (Å²) in [5, 5.41) is 14.4. The van der Waals surface area contributed by atoms with Crippen LogP contribution in [0, 0.1) is 22.0 Å². The van der Waals surface area contributed by atoms with E-state index in [0.29, 0.717) is 30.5 Å². The molecule has 0 aliphatic carbocycles. The summed E-state index contributed by atoms with van der Waals surface area (Å²) in [6, 6.07) is 4.28. The molecular formula is C15H20N4O3. The second-order valence-electron chi connectivity index (χ2n) is 6.08. The van der Waals surface area contributed by atoms with Crippen LogP contribution < -0.4 is 11.1 Å². The number of nitrogen functional groups attached to an aromatic ring is 1. The number of hydrogen-bond donors (Lipinski definition) is 2. The second-order valence-corrected chi connectivity index (χ2v) is 6.08. The Morgan fingerprint density at radius 1 is 1.27 bits per heavy atom. The number of benzene rings is 1. The molecule has 2 aliphatic rings. The van der Waals surface area contributed by atoms with E-state index in [-0.39, 0.29) is 17.3 Å². The Morgan fingerprint density at radius 2 is 1.91 bits per heavy atom. The minimum atomic E-state index is -0.551. The summed E-state index contributed by atoms with van der Waals surface area (Å²) in [6.45, 7) is 3.47. The van der Waals surface area contributed by atoms with Gasteiger partial charge in [0.1, 0.15) is 5.69 Å². The molecule has 3 rings (SSSR count). The van der Waals surface area contributed by atoms with Crippen molar-refractivity contribution < 1.29 is 9.72 Å². The maximum atomic E-state index is 12.6. The molecule has 3 N–H and O–H groups in total. The summed E-state index contributed by atoms with van der Waals surface area (Å²) in [6.07, 6.45) is 1.97. The van der Waals surface area contributed by atoms with Crippen LogP contribution in [0.3, 0.4) is 0 Å². The maximum absolute atomic E-state index is 12.6. The summed E-state index contributed by atoms with van der Waals surface area (Å²) >= 11 is 0. The molecule has 2 saturated heterocycles. The van der Waals surface area contributed by atoms with Crippen LogP contribution in [0.1, 0.15) is 23.2 Å². The van der Waals surface area contributed by atoms with Crippen LogP contribution in [0.25, 0.3) is 0 Å². The molecule has 0 unspecified atom stereocenters. The van der Waals surface area contributed by atoms with E-state index in [9.17, 15) is 14.9 Å². The average Bonchev–Trinajstić information content (AvgIpc) is 2.85. The molecule has 22 heavy (non-hydrogen) atoms. The van der Waals surface area contributed by atoms with Gasteiger partial charge in [-0.25, -0.2) is 0 Å². The van der Waals surface area contributed by atoms with Crippen LogP contribution in [0.4, 0.5) is 11.4 Å². The first-order chi connectivity index (χ1) is 10.6. The van der Waals surface area contributed by atoms with Crippen LogP contribution >= 0.6 is 0 Å². The van der Waals surface area contributed by atoms with Crippen molar-refractivity contribution in [2.24, 2.45) is 11.8 Å². The SMILES string of the molecule is Nc1ccc(C(=O)N2CC[C@@H]3CNC[C@@H]3CC2)cc1[N+](=O)[O-]. The van der Waals surface area contributed by atoms with Crippen LogP contribution in [0.15, 0.2) is 18.2 Å². The van der Waals surface area contributed by atoms with Gasteiger partial charge in [0.25, 0.3) is 11.6 Å². The molecule has 2 fully saturated rings. The van der Waals surface area contributed by atoms with Crippen LogP contribution in [0.5, 0.6) is 0 Å². The summed E-state index contributed by atoms with van der Waals surface area (Å²) in [4.78, 5) is 24.8. The fourth-order valence-corrected chi connectivity index (χ4v) is 3.44. The zero-order chi connectivity index (χ0) is 15.7. The number of nitrogens with zero attached hydrogens (tertiary/aromatic N) is 2. The minimum absolute atomic E-state index is 0.0815. The zero-order valence-electron chi connectivity index (χ0n) is 12.3. The van der Waals surface area contributed by atoms with E-state index in [1.807, 2.05) is 4.90 Å². The fourth-order valence-electron chi connectivity index (χ4n) is 3.44. The van der Waals surface area contributed by atoms with Gasteiger partial charge in [0.05, 0.1) is 4.92 Å². The van der Waals surface area contributed by atoms with Gasteiger partial charge in [-0.05, 0) is 49.9 Å². The highest BCUT2D eigenvalue weighted by atomic mass is 16.6. The van der Waals surface area contributed by atoms with Crippen molar-refractivity contribution in [3.63, 3.8) is 0 Å². The lowest BCUT2D eigenvalue weighted by Crippen LogP contribution is -2.32. The molecule has 0 radical (unpaired) electrons. The van der Waals surface area contributed by atoms with Gasteiger partial charge >= 0.3 is 0 Å². The van der Waals surface area contributed by atoms with Crippen molar-refractivity contribution in [3.05, 3.63) is 33.9 Å². The molecule has 2 aliphatic heterocycles. The second kappa shape index (κ2) is 5.92. The van der Waals surface area contributed by atoms with Gasteiger partial charge in [0.2, 0.25) is 0 Å². The Kier molecular flexibility index (Phi) is 3.98. The highest BCUT2D eigenvalue weighted by Gasteiger charge is 2.32. The quantitative estimate of drug-likeness (QED) is 0.486. The predicted octanol–water partition coefficient (Wildman–Crippen LogP) is 1.25. The fraction of sp³-hybridized carbons (Fsp3) is 0.533. The molecule has 1 amide bonds. The van der Waals surface area contributed by atoms with E-state index in [4.69, 9.17) is 5.73 Å². The standard InChI is InChI=1S/C15H20N4O3/c16-13-2-1-10(7-14(13)19(21)22)15(20)18-5-3-11-8-17-9-12(11)4-6-18/h1-2,7,11-12,17H,3-6,8-9,16H2/t11-,12+. The van der Waals surface area contributed by atoms with Crippen molar-refractivity contribution in [1.29, 1.82) is 0 Å². The molecule has 0 bridgehead atoms. The van der Waals surface area contributed by atoms with Crippen LogP contribution in [-0.2, 0) is 0 Å². The largest absolute Gasteiger partial charge is 0.393 e. The average molecular weight is 304 g/mol. The number of nitro benzene ring substituents is 1. The monoisotopic (exact) mass is 304 g/mol. The van der Waals surface area contributed by atoms with E-state index in [1.165, 1.54) is 12.1 Å². The van der Waals surface area contributed by atoms with Gasteiger partial charge in [0.15, 0.2) is 0 Å². The lowest BCUT2D eigenvalue weighted by atomic mass is 9.92. The number of nitro groups is 1. The van der Waals surface area contributed by atoms with Gasteiger partial charge in [-0.3, -0.25) is 14.9 Å². The van der Waals surface area contributed by atoms with Gasteiger partial charge in [-0.15, -0.1) is 0 Å². The van der Waals surface area contributed by atoms with Gasteiger partial charge in [-0.1, -0.05) is 0 Å². The van der Waals surface area contributed by atoms with Crippen LogP contribution in [-0.4, -0.2) is 41.9 Å². The molecule has 0 saturated carbocycles. The molecule has 0 aromatic heterocycles. The number of amides is 1. The minimum Gasteiger partial charge on any atom is -0.393 e. The first-order valence-corrected chi connectivity index (χ1v) is 7.60. The zero-order valence-corrected chi connectivity index (χ0v) is 12.3. The molecule has 7 heteroatoms. The summed E-state index contributed by atoms with van der Waals surface area (Å²) in [5.74, 6) is 1.13. The predicted molar refractivity (Wildman–Crippen MR) is 82.5 cm³/mol. The van der Waals surface area contributed by atoms with E-state index in [2.05, 4.69) is 5.32 Å². The number of nitrogens with two attached hydrogens (primary N) is 1. The number of hydrogen-bond acceptors (Lipinski definition) is 5. The van der Waals surface area contributed by atoms with Crippen molar-refractivity contribution >= 4 is 17.3 Å². The van der Waals surface area contributed by atoms with Crippen LogP contribution in [0.2, 0.25) is 0 Å². The third-order valence-electron chi connectivity index (χ3n) is 4.78. The molecule has 118 valence electrons. The van der Waals surface area contributed by atoms with Gasteiger partial charge in [-0.2, -0.15) is 0 Å². The number of rotatable bonds is 2. The Balaban J connectivity index is 1.76. The number of fused-ring (bicyclic) bond motifs is 1. The van der Waals surface area contributed by atoms with Crippen molar-refractivity contribution in [2.75, 3.05) is 31.9 Å². The maximum Gasteiger partial charge on any atom is 0.292 e. The molecule has 2 heterocycles. The first-order valence-electron chi connectivity index (χ1n) is 7.60. The molecule has 2 atom stereocenters. The normalized spacial score (nSPS) is 24.6. The number of carbonyl (C=O) groups excluding carboxylic acids is 1. The Bertz CT molecular complexity index is 590. The summed E-state index contributed by atoms with van der Waals surface area (Å²) in [5.41, 5.74) is 5.80. The van der Waals surface area contributed by atoms with E-state index >= 15 is 0 Å². The van der Waals surface area contributed by atoms with Gasteiger partial charge in [0, 0.05) is 24.7 Å². The summed E-state index contributed by atoms with van der Waals surface area (Å²) < 4.78 is 0. The highest BCUT2D eigenvalue weighted by Crippen LogP contribution is 2.28. The number of anilines is 1. The third-order valence-corrected chi connectivity index (χ3v) is 4.78. The van der Waals surface area contributed by atoms with E-state index in [1.54, 1.807) is 6.07 Å². The smallest absolute Gasteiger partial charge is 0.292 e. The lowest BCUT2D eigenvalue weighted by molar-refractivity contribution is -0.383. The molecule has 7 nitrogen and oxygen atoms in total. The van der Waals surface area contributed by atoms with Crippen molar-refractivity contribution in [2.45, 2.75) is 12.8 Å². The first kappa shape index (κ1) is 14.8. The molecule has 1 aromatic carbocycles. The Labute approximate surface area is 128 Å². The van der Waals surface area contributed by atoms with Crippen molar-refractivity contribution in [3.8, 4) is 0 Å². The van der Waals surface area contributed by atoms with Gasteiger partial charge < -0.3 is 16.0 Å². The molecule has 0 spiro atoms. The van der Waals surface area contributed by atoms with E-state index in [0.717, 1.165) is 25.9 Å². The summed E-state index contributed by atoms with van der Waals surface area (Å²) in [7, 11) is 0.